The number of amides is 1. The van der Waals surface area contributed by atoms with Gasteiger partial charge < -0.3 is 16.0 Å². The minimum Gasteiger partial charge on any atom is -0.356 e. The van der Waals surface area contributed by atoms with Gasteiger partial charge in [0.25, 0.3) is 0 Å². The lowest BCUT2D eigenvalue weighted by molar-refractivity contribution is -0.122. The molecule has 0 bridgehead atoms. The number of nitrogens with zero attached hydrogens (tertiary/aromatic N) is 2. The van der Waals surface area contributed by atoms with E-state index in [1.807, 2.05) is 7.05 Å². The standard InChI is InChI=1S/C18H37N5O.HI/c1-5-10-20-17(24)14-23-11-8-16(9-12-23)22-18(19-4)21-13-15(6-2)7-3;/h15-16H,5-14H2,1-4H3,(H,20,24)(H2,19,21,22);1H. The first-order chi connectivity index (χ1) is 11.6. The van der Waals surface area contributed by atoms with Crippen LogP contribution in [-0.2, 0) is 4.79 Å². The smallest absolute Gasteiger partial charge is 0.234 e. The Kier molecular flexibility index (Phi) is 14.3. The van der Waals surface area contributed by atoms with Gasteiger partial charge in [-0.25, -0.2) is 0 Å². The van der Waals surface area contributed by atoms with Crippen molar-refractivity contribution >= 4 is 35.8 Å². The molecule has 0 aromatic heterocycles. The van der Waals surface area contributed by atoms with Crippen molar-refractivity contribution in [2.45, 2.75) is 58.9 Å². The van der Waals surface area contributed by atoms with Crippen LogP contribution in [0.3, 0.4) is 0 Å². The number of hydrogen-bond donors (Lipinski definition) is 3. The second-order valence-corrected chi connectivity index (χ2v) is 6.68. The Balaban J connectivity index is 0.00000576. The fraction of sp³-hybridized carbons (Fsp3) is 0.889. The molecule has 0 radical (unpaired) electrons. The maximum absolute atomic E-state index is 11.8. The van der Waals surface area contributed by atoms with E-state index in [1.54, 1.807) is 0 Å². The van der Waals surface area contributed by atoms with E-state index in [0.717, 1.165) is 51.4 Å². The van der Waals surface area contributed by atoms with Gasteiger partial charge in [-0.15, -0.1) is 24.0 Å². The van der Waals surface area contributed by atoms with Crippen molar-refractivity contribution in [3.8, 4) is 0 Å². The van der Waals surface area contributed by atoms with Crippen LogP contribution in [0, 0.1) is 5.92 Å². The summed E-state index contributed by atoms with van der Waals surface area (Å²) in [6.45, 7) is 10.7. The van der Waals surface area contributed by atoms with Crippen molar-refractivity contribution in [2.75, 3.05) is 39.8 Å². The monoisotopic (exact) mass is 467 g/mol. The normalized spacial score (nSPS) is 16.4. The molecule has 1 amide bonds. The highest BCUT2D eigenvalue weighted by molar-refractivity contribution is 14.0. The first kappa shape index (κ1) is 24.4. The third kappa shape index (κ3) is 10.2. The minimum atomic E-state index is 0. The van der Waals surface area contributed by atoms with Gasteiger partial charge >= 0.3 is 0 Å². The molecule has 7 heteroatoms. The summed E-state index contributed by atoms with van der Waals surface area (Å²) in [5.74, 6) is 1.75. The molecule has 0 aliphatic carbocycles. The van der Waals surface area contributed by atoms with Crippen molar-refractivity contribution < 1.29 is 4.79 Å². The minimum absolute atomic E-state index is 0. The molecular formula is C18H38IN5O. The Morgan fingerprint density at radius 3 is 2.32 bits per heavy atom. The van der Waals surface area contributed by atoms with Crippen LogP contribution in [0.5, 0.6) is 0 Å². The van der Waals surface area contributed by atoms with E-state index in [1.165, 1.54) is 12.8 Å². The zero-order valence-corrected chi connectivity index (χ0v) is 18.8. The summed E-state index contributed by atoms with van der Waals surface area (Å²) in [5, 5.41) is 9.92. The summed E-state index contributed by atoms with van der Waals surface area (Å²) in [4.78, 5) is 18.4. The Bertz CT molecular complexity index is 380. The van der Waals surface area contributed by atoms with E-state index in [9.17, 15) is 4.79 Å². The predicted octanol–water partition coefficient (Wildman–Crippen LogP) is 2.20. The van der Waals surface area contributed by atoms with E-state index >= 15 is 0 Å². The second kappa shape index (κ2) is 14.6. The molecule has 0 unspecified atom stereocenters. The van der Waals surface area contributed by atoms with Crippen molar-refractivity contribution in [1.29, 1.82) is 0 Å². The molecular weight excluding hydrogens is 429 g/mol. The fourth-order valence-corrected chi connectivity index (χ4v) is 2.97. The van der Waals surface area contributed by atoms with Crippen LogP contribution in [0.25, 0.3) is 0 Å². The Hall–Kier alpha value is -0.570. The first-order valence-electron chi connectivity index (χ1n) is 9.59. The molecule has 25 heavy (non-hydrogen) atoms. The number of rotatable bonds is 9. The van der Waals surface area contributed by atoms with Crippen LogP contribution >= 0.6 is 24.0 Å². The van der Waals surface area contributed by atoms with Crippen LogP contribution in [0.15, 0.2) is 4.99 Å². The molecule has 1 aliphatic rings. The molecule has 0 aromatic rings. The summed E-state index contributed by atoms with van der Waals surface area (Å²) in [7, 11) is 1.83. The molecule has 1 heterocycles. The number of hydrogen-bond acceptors (Lipinski definition) is 3. The molecule has 0 atom stereocenters. The van der Waals surface area contributed by atoms with Gasteiger partial charge in [-0.2, -0.15) is 0 Å². The van der Waals surface area contributed by atoms with E-state index in [-0.39, 0.29) is 29.9 Å². The van der Waals surface area contributed by atoms with Crippen molar-refractivity contribution in [3.63, 3.8) is 0 Å². The van der Waals surface area contributed by atoms with E-state index in [4.69, 9.17) is 0 Å². The SMILES string of the molecule is CCCNC(=O)CN1CCC(NC(=NC)NCC(CC)CC)CC1.I. The van der Waals surface area contributed by atoms with Crippen LogP contribution in [-0.4, -0.2) is 62.6 Å². The quantitative estimate of drug-likeness (QED) is 0.276. The molecule has 3 N–H and O–H groups in total. The molecule has 0 aromatic carbocycles. The average Bonchev–Trinajstić information content (AvgIpc) is 2.61. The average molecular weight is 467 g/mol. The Morgan fingerprint density at radius 2 is 1.80 bits per heavy atom. The van der Waals surface area contributed by atoms with Crippen LogP contribution in [0.2, 0.25) is 0 Å². The van der Waals surface area contributed by atoms with E-state index in [0.29, 0.717) is 18.5 Å². The summed E-state index contributed by atoms with van der Waals surface area (Å²) in [5.41, 5.74) is 0. The molecule has 1 rings (SSSR count). The molecule has 148 valence electrons. The molecule has 0 saturated carbocycles. The lowest BCUT2D eigenvalue weighted by atomic mass is 10.0. The van der Waals surface area contributed by atoms with Crippen LogP contribution < -0.4 is 16.0 Å². The molecule has 6 nitrogen and oxygen atoms in total. The van der Waals surface area contributed by atoms with Crippen molar-refractivity contribution in [2.24, 2.45) is 10.9 Å². The molecule has 1 aliphatic heterocycles. The van der Waals surface area contributed by atoms with Gasteiger partial charge in [-0.05, 0) is 25.2 Å². The lowest BCUT2D eigenvalue weighted by Crippen LogP contribution is -2.50. The first-order valence-corrected chi connectivity index (χ1v) is 9.59. The second-order valence-electron chi connectivity index (χ2n) is 6.68. The Morgan fingerprint density at radius 1 is 1.16 bits per heavy atom. The topological polar surface area (TPSA) is 68.8 Å². The highest BCUT2D eigenvalue weighted by atomic mass is 127. The number of halogens is 1. The number of piperidine rings is 1. The number of carbonyl (C=O) groups is 1. The largest absolute Gasteiger partial charge is 0.356 e. The number of carbonyl (C=O) groups excluding carboxylic acids is 1. The fourth-order valence-electron chi connectivity index (χ4n) is 2.97. The van der Waals surface area contributed by atoms with Crippen molar-refractivity contribution in [3.05, 3.63) is 0 Å². The maximum Gasteiger partial charge on any atom is 0.234 e. The predicted molar refractivity (Wildman–Crippen MR) is 117 cm³/mol. The summed E-state index contributed by atoms with van der Waals surface area (Å²) < 4.78 is 0. The third-order valence-corrected chi connectivity index (χ3v) is 4.80. The lowest BCUT2D eigenvalue weighted by Gasteiger charge is -2.32. The summed E-state index contributed by atoms with van der Waals surface area (Å²) in [6.07, 6.45) is 5.47. The van der Waals surface area contributed by atoms with Gasteiger partial charge in [0.1, 0.15) is 0 Å². The molecule has 1 saturated heterocycles. The molecule has 1 fully saturated rings. The van der Waals surface area contributed by atoms with Crippen LogP contribution in [0.1, 0.15) is 52.9 Å². The zero-order valence-electron chi connectivity index (χ0n) is 16.4. The van der Waals surface area contributed by atoms with Crippen molar-refractivity contribution in [1.82, 2.24) is 20.9 Å². The highest BCUT2D eigenvalue weighted by Crippen LogP contribution is 2.10. The highest BCUT2D eigenvalue weighted by Gasteiger charge is 2.21. The number of likely N-dealkylation sites (tertiary alicyclic amines) is 1. The number of guanidine groups is 1. The number of nitrogens with one attached hydrogen (secondary N) is 3. The third-order valence-electron chi connectivity index (χ3n) is 4.80. The van der Waals surface area contributed by atoms with Crippen LogP contribution in [0.4, 0.5) is 0 Å². The summed E-state index contributed by atoms with van der Waals surface area (Å²) in [6, 6.07) is 0.438. The van der Waals surface area contributed by atoms with E-state index < -0.39 is 0 Å². The molecule has 0 spiro atoms. The van der Waals surface area contributed by atoms with Gasteiger partial charge in [0.05, 0.1) is 6.54 Å². The zero-order chi connectivity index (χ0) is 17.8. The van der Waals surface area contributed by atoms with Gasteiger partial charge in [-0.1, -0.05) is 33.6 Å². The van der Waals surface area contributed by atoms with Gasteiger partial charge in [0.15, 0.2) is 5.96 Å². The maximum atomic E-state index is 11.8. The number of aliphatic imine (C=N–C) groups is 1. The van der Waals surface area contributed by atoms with Gasteiger partial charge in [0.2, 0.25) is 5.91 Å². The van der Waals surface area contributed by atoms with E-state index in [2.05, 4.69) is 46.6 Å². The summed E-state index contributed by atoms with van der Waals surface area (Å²) >= 11 is 0. The van der Waals surface area contributed by atoms with Gasteiger partial charge in [0, 0.05) is 39.3 Å². The van der Waals surface area contributed by atoms with Gasteiger partial charge in [-0.3, -0.25) is 14.7 Å². The Labute approximate surface area is 171 Å².